The molecule has 39 heavy (non-hydrogen) atoms. The van der Waals surface area contributed by atoms with E-state index in [1.165, 1.54) is 15.5 Å². The van der Waals surface area contributed by atoms with Gasteiger partial charge < -0.3 is 19.2 Å². The molecule has 0 saturated carbocycles. The van der Waals surface area contributed by atoms with Crippen LogP contribution in [0.4, 0.5) is 23.2 Å². The number of carbonyl (C=O) groups is 1. The molecule has 3 aliphatic heterocycles. The smallest absolute Gasteiger partial charge is 0.361 e. The lowest BCUT2D eigenvalue weighted by atomic mass is 9.82. The molecule has 6 rings (SSSR count). The van der Waals surface area contributed by atoms with Gasteiger partial charge in [-0.25, -0.2) is 13.4 Å². The molecule has 1 aliphatic carbocycles. The van der Waals surface area contributed by atoms with Gasteiger partial charge >= 0.3 is 5.92 Å². The topological polar surface area (TPSA) is 59.5 Å². The second-order valence-corrected chi connectivity index (χ2v) is 11.6. The van der Waals surface area contributed by atoms with Crippen LogP contribution in [0.25, 0.3) is 33.4 Å². The van der Waals surface area contributed by atoms with Crippen molar-refractivity contribution in [3.05, 3.63) is 71.1 Å². The van der Waals surface area contributed by atoms with E-state index < -0.39 is 44.0 Å². The summed E-state index contributed by atoms with van der Waals surface area (Å²) >= 11 is 0. The van der Waals surface area contributed by atoms with Gasteiger partial charge in [-0.2, -0.15) is 8.78 Å². The Morgan fingerprint density at radius 2 is 1.64 bits per heavy atom. The third-order valence-electron chi connectivity index (χ3n) is 7.48. The van der Waals surface area contributed by atoms with Crippen LogP contribution in [0, 0.1) is 0 Å². The molecule has 0 atom stereocenters. The third kappa shape index (κ3) is 4.43. The summed E-state index contributed by atoms with van der Waals surface area (Å²) in [6, 6.07) is 15.3. The number of carboxylic acid groups (broad SMARTS) is 1. The number of carbonyl (C=O) groups excluding carboxylic acids is 1. The van der Waals surface area contributed by atoms with Crippen molar-refractivity contribution in [3.8, 4) is 22.5 Å². The zero-order valence-corrected chi connectivity index (χ0v) is 21.7. The normalized spacial score (nSPS) is 18.2. The molecule has 0 radical (unpaired) electrons. The Morgan fingerprint density at radius 3 is 2.26 bits per heavy atom. The molecule has 2 aromatic rings. The number of carboxylic acids is 1. The van der Waals surface area contributed by atoms with Crippen LogP contribution >= 0.6 is 0 Å². The minimum absolute atomic E-state index is 0.00489. The van der Waals surface area contributed by atoms with Crippen LogP contribution in [0.2, 0.25) is 0 Å². The predicted octanol–water partition coefficient (Wildman–Crippen LogP) is 4.74. The van der Waals surface area contributed by atoms with Gasteiger partial charge in [-0.3, -0.25) is 0 Å². The summed E-state index contributed by atoms with van der Waals surface area (Å²) in [4.78, 5) is 13.8. The number of alkyl halides is 4. The lowest BCUT2D eigenvalue weighted by Gasteiger charge is -2.40. The number of hydrogen-bond acceptors (Lipinski definition) is 4. The Balaban J connectivity index is 1.64. The predicted molar refractivity (Wildman–Crippen MR) is 138 cm³/mol. The van der Waals surface area contributed by atoms with Crippen molar-refractivity contribution in [1.82, 2.24) is 4.58 Å². The van der Waals surface area contributed by atoms with Crippen LogP contribution in [-0.4, -0.2) is 44.0 Å². The Labute approximate surface area is 221 Å². The number of benzene rings is 3. The summed E-state index contributed by atoms with van der Waals surface area (Å²) in [6.45, 7) is 4.43. The lowest BCUT2D eigenvalue weighted by Crippen LogP contribution is -2.57. The fraction of sp³-hybridized carbons (Fsp3) is 0.333. The largest absolute Gasteiger partial charge is 0.545 e. The van der Waals surface area contributed by atoms with Gasteiger partial charge in [0, 0.05) is 39.9 Å². The average molecular weight is 539 g/mol. The number of halogens is 4. The van der Waals surface area contributed by atoms with Crippen molar-refractivity contribution in [1.29, 1.82) is 0 Å². The minimum atomic E-state index is -2.76. The van der Waals surface area contributed by atoms with E-state index in [4.69, 9.17) is 4.42 Å². The van der Waals surface area contributed by atoms with E-state index in [9.17, 15) is 27.5 Å². The summed E-state index contributed by atoms with van der Waals surface area (Å²) in [5, 5.41) is 13.4. The number of rotatable bonds is 3. The van der Waals surface area contributed by atoms with Crippen LogP contribution in [0.1, 0.15) is 36.7 Å². The summed E-state index contributed by atoms with van der Waals surface area (Å²) in [5.74, 6) is -6.50. The summed E-state index contributed by atoms with van der Waals surface area (Å²) in [7, 11) is 0. The van der Waals surface area contributed by atoms with Gasteiger partial charge in [0.05, 0.1) is 25.1 Å². The van der Waals surface area contributed by atoms with Gasteiger partial charge in [0.15, 0.2) is 0 Å². The highest BCUT2D eigenvalue weighted by atomic mass is 19.3. The molecular weight excluding hydrogens is 512 g/mol. The Hall–Kier alpha value is -3.88. The molecule has 5 nitrogen and oxygen atoms in total. The number of anilines is 1. The number of nitrogens with zero attached hydrogens (tertiary/aromatic N) is 2. The Morgan fingerprint density at radius 1 is 0.923 bits per heavy atom. The van der Waals surface area contributed by atoms with Crippen molar-refractivity contribution in [2.24, 2.45) is 0 Å². The van der Waals surface area contributed by atoms with E-state index in [1.807, 2.05) is 26.8 Å². The fourth-order valence-corrected chi connectivity index (χ4v) is 5.34. The zero-order chi connectivity index (χ0) is 27.9. The van der Waals surface area contributed by atoms with Crippen LogP contribution in [0.3, 0.4) is 0 Å². The van der Waals surface area contributed by atoms with Gasteiger partial charge in [0.1, 0.15) is 11.3 Å². The Kier molecular flexibility index (Phi) is 5.41. The monoisotopic (exact) mass is 538 g/mol. The molecule has 2 aromatic carbocycles. The van der Waals surface area contributed by atoms with Gasteiger partial charge in [0.25, 0.3) is 5.92 Å². The quantitative estimate of drug-likeness (QED) is 0.215. The van der Waals surface area contributed by atoms with Crippen LogP contribution in [0.5, 0.6) is 0 Å². The zero-order valence-electron chi connectivity index (χ0n) is 21.7. The molecule has 0 unspecified atom stereocenters. The molecule has 3 heterocycles. The van der Waals surface area contributed by atoms with Crippen molar-refractivity contribution >= 4 is 22.6 Å². The first-order chi connectivity index (χ1) is 18.2. The maximum absolute atomic E-state index is 13.6. The van der Waals surface area contributed by atoms with Crippen molar-refractivity contribution < 1.29 is 31.9 Å². The molecule has 0 amide bonds. The first-order valence-corrected chi connectivity index (χ1v) is 12.7. The second-order valence-electron chi connectivity index (χ2n) is 11.6. The molecular formula is C30H26F4N2O3. The fourth-order valence-electron chi connectivity index (χ4n) is 5.34. The summed E-state index contributed by atoms with van der Waals surface area (Å²) in [6.07, 6.45) is 0. The minimum Gasteiger partial charge on any atom is -0.545 e. The van der Waals surface area contributed by atoms with Crippen LogP contribution < -0.4 is 19.9 Å². The SMILES string of the molecule is CC(C)(C)c1ccc(C(=O)[O-])c(-c2c3ccc(=[N+]4CC(F)(F)C4)cc-3oc3cc(N4CC(F)(F)C4)ccc23)c1. The van der Waals surface area contributed by atoms with E-state index in [0.29, 0.717) is 44.5 Å². The van der Waals surface area contributed by atoms with E-state index in [-0.39, 0.29) is 11.0 Å². The highest BCUT2D eigenvalue weighted by Gasteiger charge is 2.50. The number of hydrogen-bond donors (Lipinski definition) is 0. The van der Waals surface area contributed by atoms with E-state index in [2.05, 4.69) is 0 Å². The van der Waals surface area contributed by atoms with Gasteiger partial charge in [0.2, 0.25) is 18.4 Å². The van der Waals surface area contributed by atoms with Gasteiger partial charge in [-0.05, 0) is 40.8 Å². The van der Waals surface area contributed by atoms with E-state index >= 15 is 0 Å². The number of fused-ring (bicyclic) bond motifs is 2. The van der Waals surface area contributed by atoms with Crippen LogP contribution in [0.15, 0.2) is 59.0 Å². The molecule has 2 saturated heterocycles. The molecule has 4 aliphatic rings. The molecule has 2 fully saturated rings. The summed E-state index contributed by atoms with van der Waals surface area (Å²) in [5.41, 5.74) is 3.13. The molecule has 0 aromatic heterocycles. The van der Waals surface area contributed by atoms with Gasteiger partial charge in [-0.1, -0.05) is 32.9 Å². The molecule has 0 N–H and O–H groups in total. The van der Waals surface area contributed by atoms with Crippen molar-refractivity contribution in [2.75, 3.05) is 31.1 Å². The van der Waals surface area contributed by atoms with Gasteiger partial charge in [-0.15, -0.1) is 0 Å². The lowest BCUT2D eigenvalue weighted by molar-refractivity contribution is -0.254. The first kappa shape index (κ1) is 25.4. The highest BCUT2D eigenvalue weighted by molar-refractivity contribution is 6.07. The average Bonchev–Trinajstić information content (AvgIpc) is 2.82. The molecule has 0 bridgehead atoms. The van der Waals surface area contributed by atoms with Crippen molar-refractivity contribution in [3.63, 3.8) is 0 Å². The van der Waals surface area contributed by atoms with Crippen LogP contribution in [-0.2, 0) is 5.41 Å². The molecule has 0 spiro atoms. The highest BCUT2D eigenvalue weighted by Crippen LogP contribution is 2.44. The van der Waals surface area contributed by atoms with E-state index in [0.717, 1.165) is 5.56 Å². The maximum Gasteiger partial charge on any atom is 0.361 e. The second kappa shape index (κ2) is 8.31. The first-order valence-electron chi connectivity index (χ1n) is 12.7. The summed E-state index contributed by atoms with van der Waals surface area (Å²) < 4.78 is 62.0. The Bertz CT molecular complexity index is 1680. The molecule has 202 valence electrons. The van der Waals surface area contributed by atoms with Crippen molar-refractivity contribution in [2.45, 2.75) is 38.0 Å². The van der Waals surface area contributed by atoms with E-state index in [1.54, 1.807) is 42.5 Å². The molecule has 9 heteroatoms. The maximum atomic E-state index is 13.6. The standard InChI is InChI=1S/C30H26F4N2O3/c1-28(2,3)17-4-7-20(27(37)38)23(10-17)26-21-8-5-18(35-13-29(31,32)14-35)11-24(21)39-25-12-19(6-9-22(25)26)36-15-30(33,34)16-36/h4-12H,13-16H2,1-3H3. The third-order valence-corrected chi connectivity index (χ3v) is 7.48. The number of aromatic carboxylic acids is 1.